The van der Waals surface area contributed by atoms with E-state index in [9.17, 15) is 4.79 Å². The van der Waals surface area contributed by atoms with E-state index in [2.05, 4.69) is 0 Å². The van der Waals surface area contributed by atoms with Gasteiger partial charge in [-0.25, -0.2) is 0 Å². The van der Waals surface area contributed by atoms with Gasteiger partial charge in [-0.1, -0.05) is 65.9 Å². The van der Waals surface area contributed by atoms with Crippen LogP contribution in [0.5, 0.6) is 11.5 Å². The van der Waals surface area contributed by atoms with E-state index in [1.165, 1.54) is 11.8 Å². The summed E-state index contributed by atoms with van der Waals surface area (Å²) in [6.45, 7) is 4.82. The number of aryl methyl sites for hydroxylation is 2. The van der Waals surface area contributed by atoms with Crippen LogP contribution in [-0.4, -0.2) is 23.4 Å². The fourth-order valence-electron chi connectivity index (χ4n) is 3.34. The van der Waals surface area contributed by atoms with Gasteiger partial charge in [0, 0.05) is 5.56 Å². The van der Waals surface area contributed by atoms with Crippen LogP contribution < -0.4 is 14.4 Å². The highest BCUT2D eigenvalue weighted by Crippen LogP contribution is 2.37. The molecule has 3 aromatic carbocycles. The van der Waals surface area contributed by atoms with Crippen molar-refractivity contribution in [2.75, 3.05) is 18.1 Å². The van der Waals surface area contributed by atoms with Crippen LogP contribution in [0.1, 0.15) is 16.7 Å². The highest BCUT2D eigenvalue weighted by molar-refractivity contribution is 8.27. The first-order valence-electron chi connectivity index (χ1n) is 10.3. The van der Waals surface area contributed by atoms with Crippen LogP contribution in [0.15, 0.2) is 77.7 Å². The maximum Gasteiger partial charge on any atom is 0.270 e. The molecule has 1 aliphatic heterocycles. The van der Waals surface area contributed by atoms with Crippen molar-refractivity contribution < 1.29 is 14.3 Å². The molecule has 0 aliphatic carbocycles. The van der Waals surface area contributed by atoms with E-state index in [1.807, 2.05) is 92.7 Å². The molecule has 162 valence electrons. The van der Waals surface area contributed by atoms with Gasteiger partial charge in [-0.05, 0) is 61.9 Å². The largest absolute Gasteiger partial charge is 0.490 e. The van der Waals surface area contributed by atoms with E-state index in [0.717, 1.165) is 28.1 Å². The van der Waals surface area contributed by atoms with Crippen molar-refractivity contribution in [2.24, 2.45) is 0 Å². The summed E-state index contributed by atoms with van der Waals surface area (Å²) in [7, 11) is 0. The zero-order valence-corrected chi connectivity index (χ0v) is 19.5. The van der Waals surface area contributed by atoms with Crippen molar-refractivity contribution in [3.8, 4) is 11.5 Å². The summed E-state index contributed by atoms with van der Waals surface area (Å²) >= 11 is 6.81. The number of hydrogen-bond donors (Lipinski definition) is 0. The normalized spacial score (nSPS) is 14.8. The molecule has 1 heterocycles. The molecule has 1 aliphatic rings. The van der Waals surface area contributed by atoms with Gasteiger partial charge >= 0.3 is 0 Å². The van der Waals surface area contributed by atoms with E-state index in [0.29, 0.717) is 28.2 Å². The molecule has 0 radical (unpaired) electrons. The molecular weight excluding hydrogens is 438 g/mol. The second-order valence-electron chi connectivity index (χ2n) is 7.41. The van der Waals surface area contributed by atoms with Gasteiger partial charge in [-0.15, -0.1) is 0 Å². The molecule has 6 heteroatoms. The summed E-state index contributed by atoms with van der Waals surface area (Å²) in [6.07, 6.45) is 1.86. The van der Waals surface area contributed by atoms with Gasteiger partial charge in [0.15, 0.2) is 4.32 Å². The van der Waals surface area contributed by atoms with Crippen molar-refractivity contribution in [1.29, 1.82) is 0 Å². The molecule has 4 rings (SSSR count). The maximum atomic E-state index is 13.1. The Morgan fingerprint density at radius 3 is 2.44 bits per heavy atom. The van der Waals surface area contributed by atoms with Gasteiger partial charge in [0.05, 0.1) is 10.6 Å². The maximum absolute atomic E-state index is 13.1. The summed E-state index contributed by atoms with van der Waals surface area (Å²) < 4.78 is 12.2. The number of thiocarbonyl (C=S) groups is 1. The van der Waals surface area contributed by atoms with Crippen LogP contribution in [0, 0.1) is 13.8 Å². The molecule has 1 saturated heterocycles. The second kappa shape index (κ2) is 10.0. The van der Waals surface area contributed by atoms with Gasteiger partial charge < -0.3 is 9.47 Å². The fourth-order valence-corrected chi connectivity index (χ4v) is 4.63. The monoisotopic (exact) mass is 461 g/mol. The van der Waals surface area contributed by atoms with Crippen molar-refractivity contribution in [2.45, 2.75) is 13.8 Å². The number of benzene rings is 3. The molecule has 32 heavy (non-hydrogen) atoms. The molecule has 0 spiro atoms. The van der Waals surface area contributed by atoms with Gasteiger partial charge in [0.25, 0.3) is 5.91 Å². The van der Waals surface area contributed by atoms with Crippen LogP contribution in [0.3, 0.4) is 0 Å². The lowest BCUT2D eigenvalue weighted by Gasteiger charge is -2.15. The summed E-state index contributed by atoms with van der Waals surface area (Å²) in [4.78, 5) is 15.3. The molecule has 0 N–H and O–H groups in total. The van der Waals surface area contributed by atoms with Gasteiger partial charge in [0.1, 0.15) is 24.7 Å². The third-order valence-electron chi connectivity index (χ3n) is 4.86. The first-order chi connectivity index (χ1) is 15.5. The van der Waals surface area contributed by atoms with E-state index in [4.69, 9.17) is 21.7 Å². The predicted molar refractivity (Wildman–Crippen MR) is 135 cm³/mol. The van der Waals surface area contributed by atoms with E-state index in [-0.39, 0.29) is 5.91 Å². The highest BCUT2D eigenvalue weighted by Gasteiger charge is 2.33. The van der Waals surface area contributed by atoms with Crippen molar-refractivity contribution in [3.05, 3.63) is 94.4 Å². The zero-order chi connectivity index (χ0) is 22.5. The lowest BCUT2D eigenvalue weighted by molar-refractivity contribution is -0.113. The average molecular weight is 462 g/mol. The van der Waals surface area contributed by atoms with E-state index in [1.54, 1.807) is 4.90 Å². The molecule has 1 amide bonds. The molecule has 4 nitrogen and oxygen atoms in total. The smallest absolute Gasteiger partial charge is 0.270 e. The Labute approximate surface area is 197 Å². The quantitative estimate of drug-likeness (QED) is 0.239. The van der Waals surface area contributed by atoms with Gasteiger partial charge in [-0.3, -0.25) is 9.69 Å². The minimum absolute atomic E-state index is 0.120. The molecule has 1 fully saturated rings. The van der Waals surface area contributed by atoms with E-state index >= 15 is 0 Å². The van der Waals surface area contributed by atoms with Gasteiger partial charge in [-0.2, -0.15) is 0 Å². The zero-order valence-electron chi connectivity index (χ0n) is 17.9. The highest BCUT2D eigenvalue weighted by atomic mass is 32.2. The number of hydrogen-bond acceptors (Lipinski definition) is 5. The Balaban J connectivity index is 1.50. The molecule has 0 saturated carbocycles. The van der Waals surface area contributed by atoms with Crippen LogP contribution in [0.4, 0.5) is 5.69 Å². The molecule has 0 unspecified atom stereocenters. The van der Waals surface area contributed by atoms with Crippen LogP contribution in [-0.2, 0) is 4.79 Å². The molecule has 0 bridgehead atoms. The number of carbonyl (C=O) groups is 1. The summed E-state index contributed by atoms with van der Waals surface area (Å²) in [5.41, 5.74) is 3.79. The number of nitrogens with zero attached hydrogens (tertiary/aromatic N) is 1. The standard InChI is InChI=1S/C26H23NO3S2/c1-18-7-6-8-21(16-18)27-25(28)24(32-26(27)31)17-20-15-19(2)11-12-23(20)30-14-13-29-22-9-4-3-5-10-22/h3-12,15-17H,13-14H2,1-2H3/b24-17-. The number of anilines is 1. The van der Waals surface area contributed by atoms with Crippen LogP contribution in [0.2, 0.25) is 0 Å². The SMILES string of the molecule is Cc1cccc(N2C(=O)/C(=C/c3cc(C)ccc3OCCOc3ccccc3)SC2=S)c1. The van der Waals surface area contributed by atoms with Crippen molar-refractivity contribution in [3.63, 3.8) is 0 Å². The second-order valence-corrected chi connectivity index (χ2v) is 9.08. The lowest BCUT2D eigenvalue weighted by Crippen LogP contribution is -2.27. The number of ether oxygens (including phenoxy) is 2. The van der Waals surface area contributed by atoms with Crippen LogP contribution in [0.25, 0.3) is 6.08 Å². The van der Waals surface area contributed by atoms with Crippen molar-refractivity contribution in [1.82, 2.24) is 0 Å². The van der Waals surface area contributed by atoms with Gasteiger partial charge in [0.2, 0.25) is 0 Å². The third kappa shape index (κ3) is 5.21. The van der Waals surface area contributed by atoms with Crippen molar-refractivity contribution >= 4 is 46.0 Å². The molecule has 0 aromatic heterocycles. The molecular formula is C26H23NO3S2. The minimum Gasteiger partial charge on any atom is -0.490 e. The lowest BCUT2D eigenvalue weighted by atomic mass is 10.1. The number of amides is 1. The molecule has 0 atom stereocenters. The summed E-state index contributed by atoms with van der Waals surface area (Å²) in [5.74, 6) is 1.39. The Kier molecular flexibility index (Phi) is 6.93. The average Bonchev–Trinajstić information content (AvgIpc) is 3.06. The Morgan fingerprint density at radius 2 is 1.66 bits per heavy atom. The number of carbonyl (C=O) groups excluding carboxylic acids is 1. The first-order valence-corrected chi connectivity index (χ1v) is 11.5. The topological polar surface area (TPSA) is 38.8 Å². The summed E-state index contributed by atoms with van der Waals surface area (Å²) in [5, 5.41) is 0. The number of thioether (sulfide) groups is 1. The fraction of sp³-hybridized carbons (Fsp3) is 0.154. The summed E-state index contributed by atoms with van der Waals surface area (Å²) in [6, 6.07) is 23.3. The number of para-hydroxylation sites is 1. The van der Waals surface area contributed by atoms with E-state index < -0.39 is 0 Å². The molecule has 3 aromatic rings. The Bertz CT molecular complexity index is 1170. The minimum atomic E-state index is -0.120. The Hall–Kier alpha value is -3.09. The van der Waals surface area contributed by atoms with Crippen LogP contribution >= 0.6 is 24.0 Å². The number of rotatable bonds is 7. The first kappa shape index (κ1) is 22.1. The predicted octanol–water partition coefficient (Wildman–Crippen LogP) is 6.17. The Morgan fingerprint density at radius 1 is 0.906 bits per heavy atom. The third-order valence-corrected chi connectivity index (χ3v) is 6.16.